The maximum atomic E-state index is 12.4. The van der Waals surface area contributed by atoms with E-state index in [-0.39, 0.29) is 5.78 Å². The zero-order valence-electron chi connectivity index (χ0n) is 11.6. The molecule has 0 spiro atoms. The van der Waals surface area contributed by atoms with Crippen LogP contribution in [0.2, 0.25) is 0 Å². The number of methoxy groups -OCH3 is 1. The molecule has 0 radical (unpaired) electrons. The molecule has 0 N–H and O–H groups in total. The number of hydrogen-bond acceptors (Lipinski definition) is 3. The monoisotopic (exact) mass is 294 g/mol. The van der Waals surface area contributed by atoms with E-state index in [1.165, 1.54) is 4.88 Å². The summed E-state index contributed by atoms with van der Waals surface area (Å²) in [7, 11) is 1.61. The first kappa shape index (κ1) is 13.6. The average Bonchev–Trinajstić information content (AvgIpc) is 3.09. The molecule has 2 aromatic carbocycles. The first-order valence-electron chi connectivity index (χ1n) is 6.60. The summed E-state index contributed by atoms with van der Waals surface area (Å²) < 4.78 is 5.10. The van der Waals surface area contributed by atoms with Crippen molar-refractivity contribution < 1.29 is 9.53 Å². The summed E-state index contributed by atoms with van der Waals surface area (Å²) in [5, 5.41) is 2.05. The number of hydrogen-bond donors (Lipinski definition) is 0. The minimum Gasteiger partial charge on any atom is -0.497 e. The van der Waals surface area contributed by atoms with E-state index in [0.717, 1.165) is 11.3 Å². The van der Waals surface area contributed by atoms with E-state index in [2.05, 4.69) is 6.07 Å². The maximum absolute atomic E-state index is 12.4. The zero-order chi connectivity index (χ0) is 14.7. The third-order valence-electron chi connectivity index (χ3n) is 3.30. The summed E-state index contributed by atoms with van der Waals surface area (Å²) in [5.74, 6) is 0.773. The standard InChI is InChI=1S/C18H14O2S/c1-20-16-10-8-15(9-11-16)18(19)14-6-4-13(5-7-14)17-3-2-12-21-17/h2-12H,1H3. The molecule has 0 aliphatic heterocycles. The molecule has 0 amide bonds. The SMILES string of the molecule is COc1ccc(C(=O)c2ccc(-c3cccs3)cc2)cc1. The molecule has 21 heavy (non-hydrogen) atoms. The highest BCUT2D eigenvalue weighted by molar-refractivity contribution is 7.13. The van der Waals surface area contributed by atoms with Crippen LogP contribution >= 0.6 is 11.3 Å². The van der Waals surface area contributed by atoms with E-state index in [4.69, 9.17) is 4.74 Å². The van der Waals surface area contributed by atoms with Crippen molar-refractivity contribution >= 4 is 17.1 Å². The molecule has 3 heteroatoms. The van der Waals surface area contributed by atoms with Crippen molar-refractivity contribution in [2.24, 2.45) is 0 Å². The van der Waals surface area contributed by atoms with Crippen molar-refractivity contribution in [2.45, 2.75) is 0 Å². The molecule has 0 aliphatic rings. The minimum absolute atomic E-state index is 0.0235. The second-order valence-corrected chi connectivity index (χ2v) is 5.56. The molecule has 0 unspecified atom stereocenters. The number of carbonyl (C=O) groups excluding carboxylic acids is 1. The quantitative estimate of drug-likeness (QED) is 0.654. The Labute approximate surface area is 127 Å². The fourth-order valence-electron chi connectivity index (χ4n) is 2.14. The Balaban J connectivity index is 1.84. The lowest BCUT2D eigenvalue weighted by molar-refractivity contribution is 0.103. The lowest BCUT2D eigenvalue weighted by Crippen LogP contribution is -2.00. The van der Waals surface area contributed by atoms with Gasteiger partial charge < -0.3 is 4.74 Å². The van der Waals surface area contributed by atoms with Crippen LogP contribution in [0.1, 0.15) is 15.9 Å². The highest BCUT2D eigenvalue weighted by Crippen LogP contribution is 2.25. The Hall–Kier alpha value is -2.39. The molecule has 0 saturated carbocycles. The Kier molecular flexibility index (Phi) is 3.84. The number of benzene rings is 2. The number of ketones is 1. The Morgan fingerprint density at radius 3 is 2.05 bits per heavy atom. The van der Waals surface area contributed by atoms with Crippen molar-refractivity contribution in [3.05, 3.63) is 77.2 Å². The number of thiophene rings is 1. The van der Waals surface area contributed by atoms with Crippen LogP contribution in [0.5, 0.6) is 5.75 Å². The van der Waals surface area contributed by atoms with Gasteiger partial charge in [-0.25, -0.2) is 0 Å². The fourth-order valence-corrected chi connectivity index (χ4v) is 2.87. The lowest BCUT2D eigenvalue weighted by atomic mass is 10.0. The molecule has 0 bridgehead atoms. The third kappa shape index (κ3) is 2.88. The molecule has 1 heterocycles. The van der Waals surface area contributed by atoms with Crippen LogP contribution < -0.4 is 4.74 Å². The van der Waals surface area contributed by atoms with E-state index in [9.17, 15) is 4.79 Å². The third-order valence-corrected chi connectivity index (χ3v) is 4.22. The molecule has 0 atom stereocenters. The van der Waals surface area contributed by atoms with Gasteiger partial charge in [0.25, 0.3) is 0 Å². The van der Waals surface area contributed by atoms with Crippen LogP contribution in [0, 0.1) is 0 Å². The molecule has 3 aromatic rings. The van der Waals surface area contributed by atoms with E-state index >= 15 is 0 Å². The predicted octanol–water partition coefficient (Wildman–Crippen LogP) is 4.65. The van der Waals surface area contributed by atoms with Gasteiger partial charge in [0.15, 0.2) is 5.78 Å². The van der Waals surface area contributed by atoms with Crippen molar-refractivity contribution in [3.63, 3.8) is 0 Å². The molecule has 104 valence electrons. The number of rotatable bonds is 4. The second-order valence-electron chi connectivity index (χ2n) is 4.61. The summed E-state index contributed by atoms with van der Waals surface area (Å²) in [4.78, 5) is 13.6. The zero-order valence-corrected chi connectivity index (χ0v) is 12.4. The number of carbonyl (C=O) groups is 1. The molecule has 2 nitrogen and oxygen atoms in total. The summed E-state index contributed by atoms with van der Waals surface area (Å²) >= 11 is 1.69. The van der Waals surface area contributed by atoms with Crippen LogP contribution in [0.3, 0.4) is 0 Å². The second kappa shape index (κ2) is 5.94. The van der Waals surface area contributed by atoms with Crippen LogP contribution in [-0.4, -0.2) is 12.9 Å². The van der Waals surface area contributed by atoms with Gasteiger partial charge in [-0.1, -0.05) is 30.3 Å². The summed E-state index contributed by atoms with van der Waals surface area (Å²) in [5.41, 5.74) is 2.50. The highest BCUT2D eigenvalue weighted by Gasteiger charge is 2.09. The van der Waals surface area contributed by atoms with Crippen molar-refractivity contribution in [1.29, 1.82) is 0 Å². The van der Waals surface area contributed by atoms with Gasteiger partial charge in [0.2, 0.25) is 0 Å². The predicted molar refractivity (Wildman–Crippen MR) is 86.2 cm³/mol. The smallest absolute Gasteiger partial charge is 0.193 e. The Morgan fingerprint density at radius 1 is 0.905 bits per heavy atom. The fraction of sp³-hybridized carbons (Fsp3) is 0.0556. The van der Waals surface area contributed by atoms with Gasteiger partial charge in [0.05, 0.1) is 7.11 Å². The Bertz CT molecular complexity index is 726. The topological polar surface area (TPSA) is 26.3 Å². The van der Waals surface area contributed by atoms with E-state index in [1.54, 1.807) is 42.7 Å². The largest absolute Gasteiger partial charge is 0.497 e. The van der Waals surface area contributed by atoms with Crippen LogP contribution in [0.25, 0.3) is 10.4 Å². The molecule has 3 rings (SSSR count). The highest BCUT2D eigenvalue weighted by atomic mass is 32.1. The first-order valence-corrected chi connectivity index (χ1v) is 7.48. The first-order chi connectivity index (χ1) is 10.3. The van der Waals surface area contributed by atoms with Gasteiger partial charge in [-0.3, -0.25) is 4.79 Å². The van der Waals surface area contributed by atoms with Crippen LogP contribution in [0.4, 0.5) is 0 Å². The van der Waals surface area contributed by atoms with Gasteiger partial charge in [0, 0.05) is 16.0 Å². The molecule has 0 saturated heterocycles. The van der Waals surface area contributed by atoms with Crippen LogP contribution in [0.15, 0.2) is 66.0 Å². The minimum atomic E-state index is 0.0235. The van der Waals surface area contributed by atoms with E-state index in [0.29, 0.717) is 11.1 Å². The summed E-state index contributed by atoms with van der Waals surface area (Å²) in [6.45, 7) is 0. The molecular formula is C18H14O2S. The van der Waals surface area contributed by atoms with Crippen molar-refractivity contribution in [3.8, 4) is 16.2 Å². The van der Waals surface area contributed by atoms with Gasteiger partial charge in [-0.05, 0) is 41.3 Å². The average molecular weight is 294 g/mol. The van der Waals surface area contributed by atoms with Crippen molar-refractivity contribution in [2.75, 3.05) is 7.11 Å². The molecule has 0 fully saturated rings. The van der Waals surface area contributed by atoms with Crippen molar-refractivity contribution in [1.82, 2.24) is 0 Å². The number of ether oxygens (including phenoxy) is 1. The molecule has 1 aromatic heterocycles. The molecular weight excluding hydrogens is 280 g/mol. The molecule has 0 aliphatic carbocycles. The van der Waals surface area contributed by atoms with Gasteiger partial charge in [0.1, 0.15) is 5.75 Å². The van der Waals surface area contributed by atoms with Crippen LogP contribution in [-0.2, 0) is 0 Å². The lowest BCUT2D eigenvalue weighted by Gasteiger charge is -2.04. The van der Waals surface area contributed by atoms with Gasteiger partial charge in [-0.15, -0.1) is 11.3 Å². The maximum Gasteiger partial charge on any atom is 0.193 e. The van der Waals surface area contributed by atoms with E-state index < -0.39 is 0 Å². The Morgan fingerprint density at radius 2 is 1.52 bits per heavy atom. The summed E-state index contributed by atoms with van der Waals surface area (Å²) in [6, 6.07) is 19.0. The van der Waals surface area contributed by atoms with Gasteiger partial charge in [-0.2, -0.15) is 0 Å². The normalized spacial score (nSPS) is 10.3. The summed E-state index contributed by atoms with van der Waals surface area (Å²) in [6.07, 6.45) is 0. The van der Waals surface area contributed by atoms with Gasteiger partial charge >= 0.3 is 0 Å². The van der Waals surface area contributed by atoms with E-state index in [1.807, 2.05) is 35.7 Å².